The molecular weight excluding hydrogens is 539 g/mol. The van der Waals surface area contributed by atoms with Crippen molar-refractivity contribution in [3.63, 3.8) is 0 Å². The van der Waals surface area contributed by atoms with Gasteiger partial charge in [-0.2, -0.15) is 0 Å². The molecule has 2 heterocycles. The lowest BCUT2D eigenvalue weighted by molar-refractivity contribution is 0.0273. The topological polar surface area (TPSA) is 105 Å². The molecule has 0 radical (unpaired) electrons. The summed E-state index contributed by atoms with van der Waals surface area (Å²) >= 11 is 0. The molecule has 1 aliphatic heterocycles. The minimum absolute atomic E-state index is 0.0191. The standard InChI is InChI=1S/C32H33FN4O5/c1-32(2,3)42-31(41)35-16-15-23(20-35)36(18-21-9-5-4-6-10-21)29(39)25-17-22(13-14-26(25)33)19-37-27-12-8-7-11-24(27)28(38)34-30(37)40/h4-14,17,23H,15-16,18-20H2,1-3H3,(H,34,38,40). The number of nitrogens with zero attached hydrogens (tertiary/aromatic N) is 3. The molecule has 9 nitrogen and oxygen atoms in total. The molecule has 42 heavy (non-hydrogen) atoms. The van der Waals surface area contributed by atoms with Crippen LogP contribution in [0.5, 0.6) is 0 Å². The number of fused-ring (bicyclic) bond motifs is 1. The van der Waals surface area contributed by atoms with E-state index in [2.05, 4.69) is 4.98 Å². The van der Waals surface area contributed by atoms with E-state index in [1.54, 1.807) is 54.8 Å². The van der Waals surface area contributed by atoms with Crippen molar-refractivity contribution in [3.8, 4) is 0 Å². The Morgan fingerprint density at radius 3 is 2.45 bits per heavy atom. The van der Waals surface area contributed by atoms with E-state index in [0.717, 1.165) is 5.56 Å². The lowest BCUT2D eigenvalue weighted by atomic mass is 10.1. The van der Waals surface area contributed by atoms with E-state index >= 15 is 4.39 Å². The number of ether oxygens (including phenoxy) is 1. The number of carbonyl (C=O) groups excluding carboxylic acids is 2. The smallest absolute Gasteiger partial charge is 0.410 e. The SMILES string of the molecule is CC(C)(C)OC(=O)N1CCC(N(Cc2ccccc2)C(=O)c2cc(Cn3c(=O)[nH]c(=O)c4ccccc43)ccc2F)C1. The van der Waals surface area contributed by atoms with Crippen LogP contribution in [0.3, 0.4) is 0 Å². The molecule has 1 fully saturated rings. The molecule has 3 aromatic carbocycles. The van der Waals surface area contributed by atoms with E-state index in [-0.39, 0.29) is 31.2 Å². The van der Waals surface area contributed by atoms with E-state index in [1.165, 1.54) is 22.8 Å². The van der Waals surface area contributed by atoms with Gasteiger partial charge in [-0.15, -0.1) is 0 Å². The van der Waals surface area contributed by atoms with E-state index in [0.29, 0.717) is 29.4 Å². The zero-order valence-corrected chi connectivity index (χ0v) is 23.8. The summed E-state index contributed by atoms with van der Waals surface area (Å²) in [4.78, 5) is 57.2. The number of aromatic nitrogens is 2. The Hall–Kier alpha value is -4.73. The van der Waals surface area contributed by atoms with Gasteiger partial charge in [0.05, 0.1) is 29.1 Å². The van der Waals surface area contributed by atoms with Gasteiger partial charge in [0.25, 0.3) is 11.5 Å². The van der Waals surface area contributed by atoms with E-state index in [9.17, 15) is 19.2 Å². The summed E-state index contributed by atoms with van der Waals surface area (Å²) < 4.78 is 22.2. The molecule has 0 saturated carbocycles. The van der Waals surface area contributed by atoms with Crippen molar-refractivity contribution in [1.29, 1.82) is 0 Å². The van der Waals surface area contributed by atoms with Crippen LogP contribution in [0.4, 0.5) is 9.18 Å². The van der Waals surface area contributed by atoms with E-state index in [1.807, 2.05) is 30.3 Å². The lowest BCUT2D eigenvalue weighted by Gasteiger charge is -2.30. The number of aromatic amines is 1. The predicted octanol–water partition coefficient (Wildman–Crippen LogP) is 4.53. The molecule has 1 aliphatic rings. The van der Waals surface area contributed by atoms with Gasteiger partial charge < -0.3 is 14.5 Å². The largest absolute Gasteiger partial charge is 0.444 e. The Labute approximate surface area is 242 Å². The van der Waals surface area contributed by atoms with Gasteiger partial charge >= 0.3 is 11.8 Å². The molecule has 4 aromatic rings. The number of para-hydroxylation sites is 1. The number of H-pyrrole nitrogens is 1. The average Bonchev–Trinajstić information content (AvgIpc) is 3.45. The maximum Gasteiger partial charge on any atom is 0.410 e. The van der Waals surface area contributed by atoms with E-state index in [4.69, 9.17) is 4.74 Å². The molecule has 1 unspecified atom stereocenters. The zero-order chi connectivity index (χ0) is 30.0. The average molecular weight is 573 g/mol. The number of benzene rings is 3. The Morgan fingerprint density at radius 2 is 1.71 bits per heavy atom. The highest BCUT2D eigenvalue weighted by molar-refractivity contribution is 5.95. The highest BCUT2D eigenvalue weighted by atomic mass is 19.1. The maximum atomic E-state index is 15.3. The normalized spacial score (nSPS) is 15.1. The minimum atomic E-state index is -0.692. The van der Waals surface area contributed by atoms with Gasteiger partial charge in [-0.05, 0) is 62.6 Å². The van der Waals surface area contributed by atoms with Crippen LogP contribution in [0.1, 0.15) is 48.7 Å². The summed E-state index contributed by atoms with van der Waals surface area (Å²) in [6.45, 7) is 6.29. The fraction of sp³-hybridized carbons (Fsp3) is 0.312. The van der Waals surface area contributed by atoms with Crippen LogP contribution >= 0.6 is 0 Å². The highest BCUT2D eigenvalue weighted by Gasteiger charge is 2.36. The number of carbonyl (C=O) groups is 2. The third-order valence-electron chi connectivity index (χ3n) is 7.22. The molecular formula is C32H33FN4O5. The lowest BCUT2D eigenvalue weighted by Crippen LogP contribution is -2.43. The molecule has 1 aromatic heterocycles. The molecule has 1 atom stereocenters. The maximum absolute atomic E-state index is 15.3. The first-order valence-electron chi connectivity index (χ1n) is 13.8. The number of likely N-dealkylation sites (tertiary alicyclic amines) is 1. The Bertz CT molecular complexity index is 1740. The van der Waals surface area contributed by atoms with Crippen LogP contribution in [0.15, 0.2) is 82.4 Å². The van der Waals surface area contributed by atoms with E-state index < -0.39 is 34.7 Å². The Balaban J connectivity index is 1.46. The van der Waals surface area contributed by atoms with Gasteiger partial charge in [0.15, 0.2) is 0 Å². The molecule has 218 valence electrons. The molecule has 0 aliphatic carbocycles. The van der Waals surface area contributed by atoms with Crippen LogP contribution in [0.2, 0.25) is 0 Å². The number of halogens is 1. The first kappa shape index (κ1) is 28.8. The third kappa shape index (κ3) is 6.27. The number of rotatable bonds is 6. The van der Waals surface area contributed by atoms with Crippen LogP contribution in [0.25, 0.3) is 10.9 Å². The van der Waals surface area contributed by atoms with Gasteiger partial charge in [0.1, 0.15) is 11.4 Å². The molecule has 1 N–H and O–H groups in total. The molecule has 0 bridgehead atoms. The molecule has 1 saturated heterocycles. The third-order valence-corrected chi connectivity index (χ3v) is 7.22. The predicted molar refractivity (Wildman–Crippen MR) is 157 cm³/mol. The summed E-state index contributed by atoms with van der Waals surface area (Å²) in [5.74, 6) is -1.21. The van der Waals surface area contributed by atoms with Crippen LogP contribution < -0.4 is 11.2 Å². The van der Waals surface area contributed by atoms with Crippen molar-refractivity contribution in [2.75, 3.05) is 13.1 Å². The monoisotopic (exact) mass is 572 g/mol. The summed E-state index contributed by atoms with van der Waals surface area (Å²) in [6.07, 6.45) is 0.0570. The summed E-state index contributed by atoms with van der Waals surface area (Å²) in [6, 6.07) is 19.9. The quantitative estimate of drug-likeness (QED) is 0.366. The molecule has 5 rings (SSSR count). The van der Waals surface area contributed by atoms with Gasteiger partial charge in [0, 0.05) is 19.6 Å². The summed E-state index contributed by atoms with van der Waals surface area (Å²) in [5.41, 5.74) is -0.0736. The highest BCUT2D eigenvalue weighted by Crippen LogP contribution is 2.24. The van der Waals surface area contributed by atoms with Gasteiger partial charge in [-0.3, -0.25) is 19.1 Å². The molecule has 2 amide bonds. The van der Waals surface area contributed by atoms with Crippen LogP contribution in [-0.2, 0) is 17.8 Å². The van der Waals surface area contributed by atoms with Crippen molar-refractivity contribution < 1.29 is 18.7 Å². The Kier molecular flexibility index (Phi) is 7.98. The molecule has 0 spiro atoms. The van der Waals surface area contributed by atoms with Crippen molar-refractivity contribution in [2.45, 2.75) is 51.9 Å². The van der Waals surface area contributed by atoms with Crippen molar-refractivity contribution >= 4 is 22.9 Å². The second-order valence-electron chi connectivity index (χ2n) is 11.5. The van der Waals surface area contributed by atoms with Gasteiger partial charge in [-0.25, -0.2) is 14.0 Å². The van der Waals surface area contributed by atoms with Gasteiger partial charge in [-0.1, -0.05) is 48.5 Å². The fourth-order valence-corrected chi connectivity index (χ4v) is 5.21. The number of amides is 2. The number of nitrogens with one attached hydrogen (secondary N) is 1. The van der Waals surface area contributed by atoms with Crippen molar-refractivity contribution in [3.05, 3.63) is 116 Å². The first-order valence-corrected chi connectivity index (χ1v) is 13.8. The second kappa shape index (κ2) is 11.6. The molecule has 10 heteroatoms. The first-order chi connectivity index (χ1) is 20.0. The number of hydrogen-bond acceptors (Lipinski definition) is 5. The minimum Gasteiger partial charge on any atom is -0.444 e. The summed E-state index contributed by atoms with van der Waals surface area (Å²) in [7, 11) is 0. The van der Waals surface area contributed by atoms with Crippen molar-refractivity contribution in [2.24, 2.45) is 0 Å². The zero-order valence-electron chi connectivity index (χ0n) is 23.8. The fourth-order valence-electron chi connectivity index (χ4n) is 5.21. The van der Waals surface area contributed by atoms with Gasteiger partial charge in [0.2, 0.25) is 0 Å². The van der Waals surface area contributed by atoms with Crippen LogP contribution in [-0.4, -0.2) is 56.1 Å². The number of hydrogen-bond donors (Lipinski definition) is 1. The summed E-state index contributed by atoms with van der Waals surface area (Å²) in [5, 5.41) is 0.348. The van der Waals surface area contributed by atoms with Crippen molar-refractivity contribution in [1.82, 2.24) is 19.4 Å². The second-order valence-corrected chi connectivity index (χ2v) is 11.5. The van der Waals surface area contributed by atoms with Crippen LogP contribution in [0, 0.1) is 5.82 Å². The Morgan fingerprint density at radius 1 is 1.00 bits per heavy atom.